The number of piperidine rings is 1. The van der Waals surface area contributed by atoms with E-state index < -0.39 is 29.7 Å². The molecule has 7 heterocycles. The van der Waals surface area contributed by atoms with E-state index in [1.54, 1.807) is 30.6 Å². The van der Waals surface area contributed by atoms with Crippen LogP contribution in [-0.4, -0.2) is 92.5 Å². The fraction of sp³-hybridized carbons (Fsp3) is 0.250. The number of anilines is 1. The minimum absolute atomic E-state index is 0.0293. The monoisotopic (exact) mass is 773 g/mol. The lowest BCUT2D eigenvalue weighted by atomic mass is 9.92. The first-order chi connectivity index (χ1) is 28.3. The van der Waals surface area contributed by atoms with Gasteiger partial charge >= 0.3 is 0 Å². The Hall–Kier alpha value is -7.11. The second-order valence-electron chi connectivity index (χ2n) is 14.8. The number of amides is 4. The van der Waals surface area contributed by atoms with Gasteiger partial charge in [-0.05, 0) is 66.4 Å². The fourth-order valence-electron chi connectivity index (χ4n) is 7.84. The molecule has 58 heavy (non-hydrogen) atoms. The van der Waals surface area contributed by atoms with Crippen LogP contribution in [0.15, 0.2) is 91.5 Å². The summed E-state index contributed by atoms with van der Waals surface area (Å²) < 4.78 is 18.1. The quantitative estimate of drug-likeness (QED) is 0.153. The smallest absolute Gasteiger partial charge is 0.262 e. The number of benzene rings is 2. The van der Waals surface area contributed by atoms with E-state index >= 15 is 0 Å². The van der Waals surface area contributed by atoms with Gasteiger partial charge in [0.05, 0.1) is 23.4 Å². The summed E-state index contributed by atoms with van der Waals surface area (Å²) >= 11 is 0. The molecule has 4 aliphatic rings. The van der Waals surface area contributed by atoms with Crippen LogP contribution in [0.3, 0.4) is 0 Å². The zero-order valence-corrected chi connectivity index (χ0v) is 31.0. The second kappa shape index (κ2) is 14.4. The summed E-state index contributed by atoms with van der Waals surface area (Å²) in [5.74, 6) is 5.22. The Kier molecular flexibility index (Phi) is 8.79. The van der Waals surface area contributed by atoms with Gasteiger partial charge in [-0.25, -0.2) is 9.97 Å². The van der Waals surface area contributed by atoms with Crippen LogP contribution in [0.1, 0.15) is 52.1 Å². The molecule has 1 saturated carbocycles. The van der Waals surface area contributed by atoms with Crippen molar-refractivity contribution in [3.05, 3.63) is 108 Å². The highest BCUT2D eigenvalue weighted by molar-refractivity contribution is 6.23. The van der Waals surface area contributed by atoms with E-state index in [2.05, 4.69) is 55.3 Å². The number of hydrogen-bond acceptors (Lipinski definition) is 11. The molecule has 1 unspecified atom stereocenters. The lowest BCUT2D eigenvalue weighted by Gasteiger charge is -2.40. The number of carbonyl (C=O) groups excluding carboxylic acids is 4. The number of pyridine rings is 3. The molecule has 6 aromatic rings. The third-order valence-corrected chi connectivity index (χ3v) is 11.1. The second-order valence-corrected chi connectivity index (χ2v) is 14.8. The van der Waals surface area contributed by atoms with Gasteiger partial charge in [-0.1, -0.05) is 18.1 Å². The van der Waals surface area contributed by atoms with Crippen molar-refractivity contribution >= 4 is 51.1 Å². The van der Waals surface area contributed by atoms with Gasteiger partial charge in [0.1, 0.15) is 36.3 Å². The summed E-state index contributed by atoms with van der Waals surface area (Å²) in [6.07, 6.45) is 8.89. The maximum atomic E-state index is 13.2. The molecule has 14 nitrogen and oxygen atoms in total. The van der Waals surface area contributed by atoms with Gasteiger partial charge in [-0.3, -0.25) is 34.4 Å². The van der Waals surface area contributed by atoms with Crippen LogP contribution in [0.25, 0.3) is 32.9 Å². The SMILES string of the molecule is O=C1CCC(N2C(=O)c3ccc(N4CC(OCC#Cc5ccc(O[C@H]6C[C@H](Oc7ccc(-c8ccc9c(c8)[nH]c8ccncc89)cn7)C6)cn5)C4)cc3C2=O)C(=O)N1. The Morgan fingerprint density at radius 2 is 1.60 bits per heavy atom. The molecule has 3 aliphatic heterocycles. The fourth-order valence-corrected chi connectivity index (χ4v) is 7.84. The Balaban J connectivity index is 0.649. The van der Waals surface area contributed by atoms with Crippen molar-refractivity contribution in [1.82, 2.24) is 30.2 Å². The molecule has 1 atom stereocenters. The number of aromatic amines is 1. The highest BCUT2D eigenvalue weighted by Crippen LogP contribution is 2.34. The number of rotatable bonds is 9. The molecule has 2 aromatic carbocycles. The van der Waals surface area contributed by atoms with Crippen LogP contribution in [0, 0.1) is 11.8 Å². The van der Waals surface area contributed by atoms with Crippen LogP contribution >= 0.6 is 0 Å². The van der Waals surface area contributed by atoms with Crippen molar-refractivity contribution < 1.29 is 33.4 Å². The first-order valence-electron chi connectivity index (χ1n) is 19.2. The molecule has 10 rings (SSSR count). The number of fused-ring (bicyclic) bond motifs is 4. The molecule has 2 saturated heterocycles. The van der Waals surface area contributed by atoms with Crippen molar-refractivity contribution in [2.45, 2.75) is 50.0 Å². The van der Waals surface area contributed by atoms with Crippen LogP contribution in [0.4, 0.5) is 5.69 Å². The summed E-state index contributed by atoms with van der Waals surface area (Å²) in [6.45, 7) is 1.43. The summed E-state index contributed by atoms with van der Waals surface area (Å²) in [5, 5.41) is 4.46. The average Bonchev–Trinajstić information content (AvgIpc) is 3.70. The minimum Gasteiger partial charge on any atom is -0.489 e. The van der Waals surface area contributed by atoms with E-state index in [0.29, 0.717) is 30.4 Å². The lowest BCUT2D eigenvalue weighted by Crippen LogP contribution is -2.54. The van der Waals surface area contributed by atoms with Crippen LogP contribution < -0.4 is 19.7 Å². The van der Waals surface area contributed by atoms with Gasteiger partial charge in [-0.2, -0.15) is 0 Å². The third-order valence-electron chi connectivity index (χ3n) is 11.1. The van der Waals surface area contributed by atoms with Gasteiger partial charge in [0, 0.05) is 90.1 Å². The normalized spacial score (nSPS) is 20.3. The molecule has 4 aromatic heterocycles. The maximum absolute atomic E-state index is 13.2. The van der Waals surface area contributed by atoms with E-state index in [9.17, 15) is 19.2 Å². The zero-order chi connectivity index (χ0) is 39.3. The molecule has 0 radical (unpaired) electrons. The Morgan fingerprint density at radius 3 is 2.41 bits per heavy atom. The van der Waals surface area contributed by atoms with E-state index in [1.807, 2.05) is 47.6 Å². The zero-order valence-electron chi connectivity index (χ0n) is 31.0. The summed E-state index contributed by atoms with van der Waals surface area (Å²) in [4.78, 5) is 69.8. The molecule has 14 heteroatoms. The number of nitrogens with zero attached hydrogens (tertiary/aromatic N) is 5. The van der Waals surface area contributed by atoms with Crippen molar-refractivity contribution in [1.29, 1.82) is 0 Å². The molecular weight excluding hydrogens is 739 g/mol. The van der Waals surface area contributed by atoms with Crippen molar-refractivity contribution in [3.8, 4) is 34.6 Å². The molecule has 2 N–H and O–H groups in total. The molecule has 0 spiro atoms. The largest absolute Gasteiger partial charge is 0.489 e. The number of ether oxygens (including phenoxy) is 3. The predicted molar refractivity (Wildman–Crippen MR) is 211 cm³/mol. The van der Waals surface area contributed by atoms with Gasteiger partial charge in [0.25, 0.3) is 11.8 Å². The number of aromatic nitrogens is 4. The molecule has 3 fully saturated rings. The molecule has 0 bridgehead atoms. The number of hydrogen-bond donors (Lipinski definition) is 2. The summed E-state index contributed by atoms with van der Waals surface area (Å²) in [7, 11) is 0. The number of H-pyrrole nitrogens is 1. The van der Waals surface area contributed by atoms with Crippen molar-refractivity contribution in [3.63, 3.8) is 0 Å². The predicted octanol–water partition coefficient (Wildman–Crippen LogP) is 4.82. The summed E-state index contributed by atoms with van der Waals surface area (Å²) in [5.41, 5.74) is 6.10. The molecule has 1 aliphatic carbocycles. The van der Waals surface area contributed by atoms with Gasteiger partial charge in [0.2, 0.25) is 17.7 Å². The maximum Gasteiger partial charge on any atom is 0.262 e. The van der Waals surface area contributed by atoms with E-state index in [1.165, 1.54) is 0 Å². The Labute approximate surface area is 331 Å². The Bertz CT molecular complexity index is 2690. The molecule has 288 valence electrons. The topological polar surface area (TPSA) is 169 Å². The number of nitrogens with one attached hydrogen (secondary N) is 2. The highest BCUT2D eigenvalue weighted by Gasteiger charge is 2.45. The first kappa shape index (κ1) is 35.3. The van der Waals surface area contributed by atoms with Gasteiger partial charge in [0.15, 0.2) is 0 Å². The Morgan fingerprint density at radius 1 is 0.759 bits per heavy atom. The molecule has 4 amide bonds. The van der Waals surface area contributed by atoms with Gasteiger partial charge in [-0.15, -0.1) is 0 Å². The molecular formula is C44H35N7O7. The number of imide groups is 2. The van der Waals surface area contributed by atoms with Crippen LogP contribution in [0.2, 0.25) is 0 Å². The highest BCUT2D eigenvalue weighted by atomic mass is 16.5. The van der Waals surface area contributed by atoms with E-state index in [4.69, 9.17) is 14.2 Å². The summed E-state index contributed by atoms with van der Waals surface area (Å²) in [6, 6.07) is 20.0. The first-order valence-corrected chi connectivity index (χ1v) is 19.2. The minimum atomic E-state index is -0.993. The van der Waals surface area contributed by atoms with Gasteiger partial charge < -0.3 is 24.1 Å². The lowest BCUT2D eigenvalue weighted by molar-refractivity contribution is -0.136. The number of carbonyl (C=O) groups is 4. The third kappa shape index (κ3) is 6.65. The average molecular weight is 774 g/mol. The standard InChI is InChI=1S/C44H35N7O7/c52-40-11-10-39(42(53)49-40)51-43(54)34-9-6-28(17-35(34)44(51)55)50-23-32(24-50)56-15-1-2-27-5-7-29(21-46-27)57-30-18-31(19-30)58-41-12-4-26(20-47-41)25-3-8-33-36-22-45-14-13-37(36)48-38(33)16-25/h3-9,12-14,16-17,20-22,30-32,39,48H,10-11,15,18-19,23-24H2,(H,49,52,53)/t30-,31-,39?. The van der Waals surface area contributed by atoms with E-state index in [-0.39, 0.29) is 48.9 Å². The van der Waals surface area contributed by atoms with E-state index in [0.717, 1.165) is 56.4 Å². The van der Waals surface area contributed by atoms with Crippen LogP contribution in [-0.2, 0) is 14.3 Å². The van der Waals surface area contributed by atoms with Crippen molar-refractivity contribution in [2.75, 3.05) is 24.6 Å². The van der Waals surface area contributed by atoms with Crippen molar-refractivity contribution in [2.24, 2.45) is 0 Å². The van der Waals surface area contributed by atoms with Crippen LogP contribution in [0.5, 0.6) is 11.6 Å².